The highest BCUT2D eigenvalue weighted by Gasteiger charge is 2.23. The summed E-state index contributed by atoms with van der Waals surface area (Å²) in [5.41, 5.74) is 0. The van der Waals surface area contributed by atoms with Crippen molar-refractivity contribution in [2.75, 3.05) is 19.7 Å². The van der Waals surface area contributed by atoms with E-state index >= 15 is 0 Å². The minimum Gasteiger partial charge on any atom is -0.414 e. The standard InChI is InChI=1S/C14H25N3O4/c1-11(2)13(21-10-15)14(20)17-7-5-3-4-6-12(19)16-8-9-18/h11,13,18H,3-9H2,1-2H3,(H,16,19)(H,17,20). The van der Waals surface area contributed by atoms with Crippen molar-refractivity contribution in [3.63, 3.8) is 0 Å². The lowest BCUT2D eigenvalue weighted by atomic mass is 10.1. The largest absolute Gasteiger partial charge is 0.414 e. The number of hydrogen-bond donors (Lipinski definition) is 3. The Bertz CT molecular complexity index is 353. The van der Waals surface area contributed by atoms with Gasteiger partial charge in [0.15, 0.2) is 6.10 Å². The summed E-state index contributed by atoms with van der Waals surface area (Å²) in [6.45, 7) is 4.35. The molecule has 0 fully saturated rings. The SMILES string of the molecule is CC(C)C(OC#N)C(=O)NCCCCCC(=O)NCCO. The highest BCUT2D eigenvalue weighted by molar-refractivity contribution is 5.81. The Labute approximate surface area is 125 Å². The van der Waals surface area contributed by atoms with Crippen LogP contribution in [0, 0.1) is 17.4 Å². The average molecular weight is 299 g/mol. The molecule has 0 radical (unpaired) electrons. The van der Waals surface area contributed by atoms with Gasteiger partial charge in [-0.1, -0.05) is 20.3 Å². The molecule has 3 N–H and O–H groups in total. The van der Waals surface area contributed by atoms with E-state index in [4.69, 9.17) is 15.1 Å². The number of amides is 2. The lowest BCUT2D eigenvalue weighted by Crippen LogP contribution is -2.39. The number of carbonyl (C=O) groups excluding carboxylic acids is 2. The molecule has 120 valence electrons. The highest BCUT2D eigenvalue weighted by atomic mass is 16.5. The molecule has 1 atom stereocenters. The summed E-state index contributed by atoms with van der Waals surface area (Å²) < 4.78 is 4.73. The van der Waals surface area contributed by atoms with Crippen LogP contribution < -0.4 is 10.6 Å². The maximum atomic E-state index is 11.8. The van der Waals surface area contributed by atoms with Gasteiger partial charge in [0.05, 0.1) is 6.61 Å². The smallest absolute Gasteiger partial charge is 0.287 e. The average Bonchev–Trinajstić information content (AvgIpc) is 2.45. The van der Waals surface area contributed by atoms with Crippen LogP contribution in [0.2, 0.25) is 0 Å². The number of aliphatic hydroxyl groups excluding tert-OH is 1. The second kappa shape index (κ2) is 12.0. The van der Waals surface area contributed by atoms with Gasteiger partial charge in [0, 0.05) is 25.4 Å². The van der Waals surface area contributed by atoms with E-state index in [1.54, 1.807) is 6.26 Å². The van der Waals surface area contributed by atoms with Crippen LogP contribution in [0.4, 0.5) is 0 Å². The normalized spacial score (nSPS) is 11.6. The molecule has 0 bridgehead atoms. The van der Waals surface area contributed by atoms with Crippen molar-refractivity contribution in [3.8, 4) is 6.26 Å². The molecule has 0 aromatic carbocycles. The first-order valence-corrected chi connectivity index (χ1v) is 7.23. The van der Waals surface area contributed by atoms with Gasteiger partial charge >= 0.3 is 0 Å². The Hall–Kier alpha value is -1.81. The van der Waals surface area contributed by atoms with Gasteiger partial charge in [-0.15, -0.1) is 0 Å². The number of rotatable bonds is 11. The number of aliphatic hydroxyl groups is 1. The highest BCUT2D eigenvalue weighted by Crippen LogP contribution is 2.06. The molecular weight excluding hydrogens is 274 g/mol. The molecular formula is C14H25N3O4. The topological polar surface area (TPSA) is 111 Å². The number of nitrogens with one attached hydrogen (secondary N) is 2. The minimum absolute atomic E-state index is 0.0560. The van der Waals surface area contributed by atoms with E-state index in [9.17, 15) is 9.59 Å². The zero-order chi connectivity index (χ0) is 16.1. The Morgan fingerprint density at radius 1 is 1.19 bits per heavy atom. The molecule has 0 aliphatic heterocycles. The number of unbranched alkanes of at least 4 members (excludes halogenated alkanes) is 2. The van der Waals surface area contributed by atoms with Crippen LogP contribution in [0.1, 0.15) is 39.5 Å². The Balaban J connectivity index is 3.68. The van der Waals surface area contributed by atoms with E-state index in [0.29, 0.717) is 13.0 Å². The van der Waals surface area contributed by atoms with Crippen molar-refractivity contribution < 1.29 is 19.4 Å². The fourth-order valence-corrected chi connectivity index (χ4v) is 1.73. The van der Waals surface area contributed by atoms with E-state index in [1.165, 1.54) is 0 Å². The number of nitriles is 1. The van der Waals surface area contributed by atoms with Crippen LogP contribution in [-0.2, 0) is 14.3 Å². The van der Waals surface area contributed by atoms with Crippen LogP contribution >= 0.6 is 0 Å². The molecule has 0 aliphatic rings. The van der Waals surface area contributed by atoms with Crippen LogP contribution in [0.15, 0.2) is 0 Å². The van der Waals surface area contributed by atoms with Gasteiger partial charge in [0.1, 0.15) is 0 Å². The van der Waals surface area contributed by atoms with E-state index in [-0.39, 0.29) is 30.9 Å². The summed E-state index contributed by atoms with van der Waals surface area (Å²) in [6, 6.07) is 0. The third-order valence-corrected chi connectivity index (χ3v) is 2.86. The lowest BCUT2D eigenvalue weighted by Gasteiger charge is -2.17. The zero-order valence-corrected chi connectivity index (χ0v) is 12.7. The van der Waals surface area contributed by atoms with Gasteiger partial charge in [0.25, 0.3) is 12.2 Å². The van der Waals surface area contributed by atoms with E-state index < -0.39 is 6.10 Å². The summed E-state index contributed by atoms with van der Waals surface area (Å²) in [5, 5.41) is 22.3. The van der Waals surface area contributed by atoms with Crippen molar-refractivity contribution in [2.45, 2.75) is 45.6 Å². The molecule has 21 heavy (non-hydrogen) atoms. The fourth-order valence-electron chi connectivity index (χ4n) is 1.73. The van der Waals surface area contributed by atoms with Gasteiger partial charge in [-0.05, 0) is 12.8 Å². The first kappa shape index (κ1) is 19.2. The van der Waals surface area contributed by atoms with Crippen LogP contribution in [0.3, 0.4) is 0 Å². The van der Waals surface area contributed by atoms with Crippen LogP contribution in [0.5, 0.6) is 0 Å². The van der Waals surface area contributed by atoms with Crippen molar-refractivity contribution in [1.82, 2.24) is 10.6 Å². The molecule has 7 heteroatoms. The summed E-state index contributed by atoms with van der Waals surface area (Å²) >= 11 is 0. The molecule has 0 aliphatic carbocycles. The quantitative estimate of drug-likeness (QED) is 0.375. The van der Waals surface area contributed by atoms with Crippen molar-refractivity contribution in [2.24, 2.45) is 5.92 Å². The molecule has 1 unspecified atom stereocenters. The van der Waals surface area contributed by atoms with Gasteiger partial charge in [0.2, 0.25) is 5.91 Å². The van der Waals surface area contributed by atoms with E-state index in [1.807, 2.05) is 13.8 Å². The van der Waals surface area contributed by atoms with Gasteiger partial charge < -0.3 is 20.5 Å². The molecule has 0 saturated carbocycles. The predicted octanol–water partition coefficient (Wildman–Crippen LogP) is 0.294. The van der Waals surface area contributed by atoms with Gasteiger partial charge in [-0.25, -0.2) is 0 Å². The molecule has 0 aromatic heterocycles. The molecule has 0 heterocycles. The van der Waals surface area contributed by atoms with Crippen molar-refractivity contribution in [1.29, 1.82) is 5.26 Å². The summed E-state index contributed by atoms with van der Waals surface area (Å²) in [6.07, 6.45) is 3.52. The van der Waals surface area contributed by atoms with Crippen molar-refractivity contribution in [3.05, 3.63) is 0 Å². The third-order valence-electron chi connectivity index (χ3n) is 2.86. The van der Waals surface area contributed by atoms with Crippen LogP contribution in [-0.4, -0.2) is 42.7 Å². The monoisotopic (exact) mass is 299 g/mol. The Kier molecular flexibility index (Phi) is 10.9. The first-order chi connectivity index (χ1) is 10.0. The summed E-state index contributed by atoms with van der Waals surface area (Å²) in [5.74, 6) is -0.428. The Morgan fingerprint density at radius 3 is 2.48 bits per heavy atom. The second-order valence-corrected chi connectivity index (χ2v) is 5.05. The number of nitrogens with zero attached hydrogens (tertiary/aromatic N) is 1. The lowest BCUT2D eigenvalue weighted by molar-refractivity contribution is -0.131. The third kappa shape index (κ3) is 9.68. The minimum atomic E-state index is -0.751. The predicted molar refractivity (Wildman–Crippen MR) is 76.9 cm³/mol. The summed E-state index contributed by atoms with van der Waals surface area (Å²) in [7, 11) is 0. The van der Waals surface area contributed by atoms with Crippen molar-refractivity contribution >= 4 is 11.8 Å². The molecule has 0 saturated heterocycles. The maximum absolute atomic E-state index is 11.8. The number of ether oxygens (including phenoxy) is 1. The number of hydrogen-bond acceptors (Lipinski definition) is 5. The molecule has 0 spiro atoms. The Morgan fingerprint density at radius 2 is 1.90 bits per heavy atom. The van der Waals surface area contributed by atoms with Gasteiger partial charge in [-0.2, -0.15) is 5.26 Å². The van der Waals surface area contributed by atoms with Gasteiger partial charge in [-0.3, -0.25) is 9.59 Å². The molecule has 0 aromatic rings. The molecule has 2 amide bonds. The maximum Gasteiger partial charge on any atom is 0.287 e. The van der Waals surface area contributed by atoms with E-state index in [2.05, 4.69) is 10.6 Å². The zero-order valence-electron chi connectivity index (χ0n) is 12.7. The second-order valence-electron chi connectivity index (χ2n) is 5.05. The number of carbonyl (C=O) groups is 2. The molecule has 7 nitrogen and oxygen atoms in total. The van der Waals surface area contributed by atoms with E-state index in [0.717, 1.165) is 19.3 Å². The summed E-state index contributed by atoms with van der Waals surface area (Å²) in [4.78, 5) is 23.0. The molecule has 0 rings (SSSR count). The van der Waals surface area contributed by atoms with Crippen LogP contribution in [0.25, 0.3) is 0 Å². The fraction of sp³-hybridized carbons (Fsp3) is 0.786. The first-order valence-electron chi connectivity index (χ1n) is 7.23.